The third kappa shape index (κ3) is 4.40. The van der Waals surface area contributed by atoms with E-state index < -0.39 is 0 Å². The lowest BCUT2D eigenvalue weighted by Gasteiger charge is -2.35. The van der Waals surface area contributed by atoms with Crippen LogP contribution in [0.15, 0.2) is 24.3 Å². The van der Waals surface area contributed by atoms with Crippen LogP contribution in [0.4, 0.5) is 0 Å². The van der Waals surface area contributed by atoms with E-state index in [1.807, 2.05) is 29.2 Å². The molecular weight excluding hydrogens is 314 g/mol. The Labute approximate surface area is 150 Å². The highest BCUT2D eigenvalue weighted by atomic mass is 16.2. The first-order valence-corrected chi connectivity index (χ1v) is 9.56. The Balaban J connectivity index is 1.56. The SMILES string of the molecule is NCC1CCCCN1C(=O)c1ccc(CNC(=O)C2CCCC2)cc1. The molecule has 25 heavy (non-hydrogen) atoms. The van der Waals surface area contributed by atoms with Crippen LogP contribution in [-0.2, 0) is 11.3 Å². The summed E-state index contributed by atoms with van der Waals surface area (Å²) in [5, 5.41) is 3.02. The fourth-order valence-electron chi connectivity index (χ4n) is 3.97. The van der Waals surface area contributed by atoms with Crippen LogP contribution in [-0.4, -0.2) is 35.8 Å². The molecule has 1 aliphatic heterocycles. The van der Waals surface area contributed by atoms with Gasteiger partial charge in [0.15, 0.2) is 0 Å². The second kappa shape index (κ2) is 8.48. The number of hydrogen-bond acceptors (Lipinski definition) is 3. The predicted molar refractivity (Wildman–Crippen MR) is 98.0 cm³/mol. The number of nitrogens with one attached hydrogen (secondary N) is 1. The smallest absolute Gasteiger partial charge is 0.254 e. The first-order chi connectivity index (χ1) is 12.2. The molecule has 5 nitrogen and oxygen atoms in total. The van der Waals surface area contributed by atoms with Crippen LogP contribution < -0.4 is 11.1 Å². The van der Waals surface area contributed by atoms with Gasteiger partial charge in [-0.05, 0) is 49.8 Å². The number of nitrogens with zero attached hydrogens (tertiary/aromatic N) is 1. The number of carbonyl (C=O) groups is 2. The largest absolute Gasteiger partial charge is 0.352 e. The molecule has 3 rings (SSSR count). The van der Waals surface area contributed by atoms with Crippen molar-refractivity contribution in [1.29, 1.82) is 0 Å². The molecule has 2 aliphatic rings. The maximum Gasteiger partial charge on any atom is 0.254 e. The molecule has 2 amide bonds. The molecule has 1 atom stereocenters. The molecule has 0 aromatic heterocycles. The van der Waals surface area contributed by atoms with E-state index in [1.54, 1.807) is 0 Å². The Hall–Kier alpha value is -1.88. The van der Waals surface area contributed by atoms with Crippen molar-refractivity contribution < 1.29 is 9.59 Å². The van der Waals surface area contributed by atoms with Gasteiger partial charge in [-0.25, -0.2) is 0 Å². The number of carbonyl (C=O) groups excluding carboxylic acids is 2. The fraction of sp³-hybridized carbons (Fsp3) is 0.600. The van der Waals surface area contributed by atoms with Crippen molar-refractivity contribution in [3.8, 4) is 0 Å². The van der Waals surface area contributed by atoms with Crippen molar-refractivity contribution in [2.24, 2.45) is 11.7 Å². The van der Waals surface area contributed by atoms with Gasteiger partial charge in [-0.2, -0.15) is 0 Å². The Kier molecular flexibility index (Phi) is 6.08. The lowest BCUT2D eigenvalue weighted by Crippen LogP contribution is -2.47. The van der Waals surface area contributed by atoms with Crippen LogP contribution in [0.2, 0.25) is 0 Å². The Morgan fingerprint density at radius 1 is 1.04 bits per heavy atom. The number of rotatable bonds is 5. The molecule has 1 aliphatic carbocycles. The highest BCUT2D eigenvalue weighted by Crippen LogP contribution is 2.24. The summed E-state index contributed by atoms with van der Waals surface area (Å²) < 4.78 is 0. The zero-order valence-electron chi connectivity index (χ0n) is 14.9. The summed E-state index contributed by atoms with van der Waals surface area (Å²) in [6, 6.07) is 7.75. The molecule has 3 N–H and O–H groups in total. The standard InChI is InChI=1S/C20H29N3O2/c21-13-18-7-3-4-12-23(18)20(25)17-10-8-15(9-11-17)14-22-19(24)16-5-1-2-6-16/h8-11,16,18H,1-7,12-14,21H2,(H,22,24). The van der Waals surface area contributed by atoms with Crippen molar-refractivity contribution in [3.05, 3.63) is 35.4 Å². The van der Waals surface area contributed by atoms with E-state index in [9.17, 15) is 9.59 Å². The van der Waals surface area contributed by atoms with E-state index in [-0.39, 0.29) is 23.8 Å². The summed E-state index contributed by atoms with van der Waals surface area (Å²) in [6.45, 7) is 1.84. The zero-order valence-corrected chi connectivity index (χ0v) is 14.9. The van der Waals surface area contributed by atoms with Crippen molar-refractivity contribution in [3.63, 3.8) is 0 Å². The molecule has 136 valence electrons. The molecule has 1 aromatic carbocycles. The van der Waals surface area contributed by atoms with Crippen LogP contribution in [0.3, 0.4) is 0 Å². The maximum absolute atomic E-state index is 12.7. The summed E-state index contributed by atoms with van der Waals surface area (Å²) in [5.41, 5.74) is 7.54. The van der Waals surface area contributed by atoms with Gasteiger partial charge in [0.1, 0.15) is 0 Å². The minimum absolute atomic E-state index is 0.0664. The topological polar surface area (TPSA) is 75.4 Å². The zero-order chi connectivity index (χ0) is 17.6. The van der Waals surface area contributed by atoms with E-state index in [2.05, 4.69) is 5.32 Å². The number of benzene rings is 1. The molecule has 5 heteroatoms. The Bertz CT molecular complexity index is 593. The molecule has 1 heterocycles. The average molecular weight is 343 g/mol. The van der Waals surface area contributed by atoms with Gasteiger partial charge in [0.2, 0.25) is 5.91 Å². The van der Waals surface area contributed by atoms with Crippen LogP contribution >= 0.6 is 0 Å². The highest BCUT2D eigenvalue weighted by molar-refractivity contribution is 5.94. The molecule has 1 aromatic rings. The number of piperidine rings is 1. The quantitative estimate of drug-likeness (QED) is 0.862. The first kappa shape index (κ1) is 17.9. The van der Waals surface area contributed by atoms with Gasteiger partial charge in [-0.1, -0.05) is 25.0 Å². The average Bonchev–Trinajstić information content (AvgIpc) is 3.21. The van der Waals surface area contributed by atoms with E-state index in [0.29, 0.717) is 18.7 Å². The van der Waals surface area contributed by atoms with Crippen molar-refractivity contribution >= 4 is 11.8 Å². The predicted octanol–water partition coefficient (Wildman–Crippen LogP) is 2.45. The van der Waals surface area contributed by atoms with Gasteiger partial charge in [0.05, 0.1) is 0 Å². The molecule has 1 unspecified atom stereocenters. The summed E-state index contributed by atoms with van der Waals surface area (Å²) in [4.78, 5) is 26.7. The minimum atomic E-state index is 0.0664. The third-order valence-corrected chi connectivity index (χ3v) is 5.55. The second-order valence-electron chi connectivity index (χ2n) is 7.28. The number of amides is 2. The minimum Gasteiger partial charge on any atom is -0.352 e. The summed E-state index contributed by atoms with van der Waals surface area (Å²) in [7, 11) is 0. The first-order valence-electron chi connectivity index (χ1n) is 9.56. The van der Waals surface area contributed by atoms with Crippen LogP contribution in [0, 0.1) is 5.92 Å². The summed E-state index contributed by atoms with van der Waals surface area (Å²) >= 11 is 0. The fourth-order valence-corrected chi connectivity index (χ4v) is 3.97. The van der Waals surface area contributed by atoms with Crippen LogP contribution in [0.25, 0.3) is 0 Å². The van der Waals surface area contributed by atoms with Crippen molar-refractivity contribution in [1.82, 2.24) is 10.2 Å². The lowest BCUT2D eigenvalue weighted by atomic mass is 10.0. The number of likely N-dealkylation sites (tertiary alicyclic amines) is 1. The maximum atomic E-state index is 12.7. The lowest BCUT2D eigenvalue weighted by molar-refractivity contribution is -0.124. The summed E-state index contributed by atoms with van der Waals surface area (Å²) in [6.07, 6.45) is 7.53. The van der Waals surface area contributed by atoms with E-state index in [1.165, 1.54) is 0 Å². The Morgan fingerprint density at radius 3 is 2.40 bits per heavy atom. The van der Waals surface area contributed by atoms with Gasteiger partial charge < -0.3 is 16.0 Å². The Morgan fingerprint density at radius 2 is 1.72 bits per heavy atom. The van der Waals surface area contributed by atoms with Gasteiger partial charge in [0, 0.05) is 37.2 Å². The molecular formula is C20H29N3O2. The van der Waals surface area contributed by atoms with Gasteiger partial charge in [-0.3, -0.25) is 9.59 Å². The van der Waals surface area contributed by atoms with Crippen molar-refractivity contribution in [2.75, 3.05) is 13.1 Å². The number of hydrogen-bond donors (Lipinski definition) is 2. The molecule has 2 fully saturated rings. The van der Waals surface area contributed by atoms with Crippen LogP contribution in [0.1, 0.15) is 60.9 Å². The summed E-state index contributed by atoms with van der Waals surface area (Å²) in [5.74, 6) is 0.418. The molecule has 0 radical (unpaired) electrons. The van der Waals surface area contributed by atoms with E-state index in [0.717, 1.165) is 57.1 Å². The normalized spacial score (nSPS) is 21.3. The van der Waals surface area contributed by atoms with E-state index >= 15 is 0 Å². The molecule has 0 spiro atoms. The van der Waals surface area contributed by atoms with Crippen LogP contribution in [0.5, 0.6) is 0 Å². The van der Waals surface area contributed by atoms with Gasteiger partial charge in [0.25, 0.3) is 5.91 Å². The number of nitrogens with two attached hydrogens (primary N) is 1. The monoisotopic (exact) mass is 343 g/mol. The highest BCUT2D eigenvalue weighted by Gasteiger charge is 2.26. The molecule has 0 bridgehead atoms. The second-order valence-corrected chi connectivity index (χ2v) is 7.28. The van der Waals surface area contributed by atoms with Gasteiger partial charge >= 0.3 is 0 Å². The van der Waals surface area contributed by atoms with E-state index in [4.69, 9.17) is 5.73 Å². The van der Waals surface area contributed by atoms with Crippen molar-refractivity contribution in [2.45, 2.75) is 57.5 Å². The molecule has 1 saturated heterocycles. The molecule has 1 saturated carbocycles. The van der Waals surface area contributed by atoms with Gasteiger partial charge in [-0.15, -0.1) is 0 Å². The third-order valence-electron chi connectivity index (χ3n) is 5.55.